The number of thiophene rings is 1. The van der Waals surface area contributed by atoms with Crippen molar-refractivity contribution in [1.82, 2.24) is 9.13 Å². The molecular weight excluding hydrogens is 406 g/mol. The monoisotopic (exact) mass is 423 g/mol. The Hall–Kier alpha value is -2.78. The van der Waals surface area contributed by atoms with Crippen molar-refractivity contribution >= 4 is 44.7 Å². The highest BCUT2D eigenvalue weighted by Gasteiger charge is 2.17. The molecule has 1 N–H and O–H groups in total. The number of benzene rings is 1. The molecule has 0 unspecified atom stereocenters. The van der Waals surface area contributed by atoms with Crippen LogP contribution in [0.2, 0.25) is 5.02 Å². The number of carbonyl (C=O) groups excluding carboxylic acids is 1. The molecule has 0 aliphatic heterocycles. The van der Waals surface area contributed by atoms with E-state index in [-0.39, 0.29) is 18.6 Å². The number of carbonyl (C=O) groups is 1. The maximum absolute atomic E-state index is 12.7. The number of aromatic nitrogens is 2. The molecule has 10 heteroatoms. The number of amides is 1. The normalized spacial score (nSPS) is 10.9. The smallest absolute Gasteiger partial charge is 0.331 e. The van der Waals surface area contributed by atoms with Crippen LogP contribution in [0.25, 0.3) is 10.2 Å². The minimum Gasteiger partial charge on any atom is -0.495 e. The quantitative estimate of drug-likeness (QED) is 0.657. The van der Waals surface area contributed by atoms with Crippen LogP contribution in [0.1, 0.15) is 6.92 Å². The summed E-state index contributed by atoms with van der Waals surface area (Å²) in [5, 5.41) is 4.71. The third-order valence-corrected chi connectivity index (χ3v) is 5.39. The average molecular weight is 424 g/mol. The van der Waals surface area contributed by atoms with Gasteiger partial charge < -0.3 is 14.8 Å². The van der Waals surface area contributed by atoms with Crippen LogP contribution in [-0.4, -0.2) is 29.3 Å². The number of hydrogen-bond acceptors (Lipinski definition) is 6. The molecule has 3 rings (SSSR count). The molecule has 0 aliphatic rings. The highest BCUT2D eigenvalue weighted by Crippen LogP contribution is 2.35. The summed E-state index contributed by atoms with van der Waals surface area (Å²) in [6.07, 6.45) is 0. The first-order chi connectivity index (χ1) is 13.4. The molecule has 0 saturated carbocycles. The van der Waals surface area contributed by atoms with E-state index in [0.717, 1.165) is 4.57 Å². The highest BCUT2D eigenvalue weighted by atomic mass is 35.5. The Balaban J connectivity index is 1.97. The SMILES string of the molecule is CCn1c(=O)c2sccc2n(CC(=O)Nc2cc(Cl)c(OC)cc2OC)c1=O. The molecule has 0 radical (unpaired) electrons. The largest absolute Gasteiger partial charge is 0.495 e. The summed E-state index contributed by atoms with van der Waals surface area (Å²) in [5.41, 5.74) is -0.109. The minimum absolute atomic E-state index is 0.217. The second kappa shape index (κ2) is 8.07. The summed E-state index contributed by atoms with van der Waals surface area (Å²) in [6.45, 7) is 1.66. The van der Waals surface area contributed by atoms with Crippen molar-refractivity contribution < 1.29 is 14.3 Å². The van der Waals surface area contributed by atoms with Gasteiger partial charge in [0.2, 0.25) is 5.91 Å². The molecule has 148 valence electrons. The van der Waals surface area contributed by atoms with Gasteiger partial charge in [-0.1, -0.05) is 11.6 Å². The van der Waals surface area contributed by atoms with E-state index in [2.05, 4.69) is 5.32 Å². The molecule has 0 bridgehead atoms. The van der Waals surface area contributed by atoms with Crippen molar-refractivity contribution in [3.05, 3.63) is 49.4 Å². The van der Waals surface area contributed by atoms with Gasteiger partial charge >= 0.3 is 5.69 Å². The van der Waals surface area contributed by atoms with Crippen molar-refractivity contribution in [3.63, 3.8) is 0 Å². The Morgan fingerprint density at radius 2 is 1.89 bits per heavy atom. The zero-order valence-corrected chi connectivity index (χ0v) is 17.0. The molecule has 2 heterocycles. The standard InChI is InChI=1S/C18H18ClN3O5S/c1-4-21-17(24)16-12(5-6-28-16)22(18(21)25)9-15(23)20-11-7-10(19)13(26-2)8-14(11)27-3/h5-8H,4,9H2,1-3H3,(H,20,23). The third-order valence-electron chi connectivity index (χ3n) is 4.20. The predicted molar refractivity (Wildman–Crippen MR) is 109 cm³/mol. The number of nitrogens with one attached hydrogen (secondary N) is 1. The van der Waals surface area contributed by atoms with E-state index in [4.69, 9.17) is 21.1 Å². The van der Waals surface area contributed by atoms with Crippen LogP contribution >= 0.6 is 22.9 Å². The Kier molecular flexibility index (Phi) is 5.76. The van der Waals surface area contributed by atoms with Crippen LogP contribution in [0.5, 0.6) is 11.5 Å². The number of hydrogen-bond donors (Lipinski definition) is 1. The van der Waals surface area contributed by atoms with Crippen LogP contribution in [0.15, 0.2) is 33.2 Å². The summed E-state index contributed by atoms with van der Waals surface area (Å²) >= 11 is 7.36. The second-order valence-corrected chi connectivity index (χ2v) is 7.11. The van der Waals surface area contributed by atoms with Gasteiger partial charge in [0.05, 0.1) is 30.4 Å². The lowest BCUT2D eigenvalue weighted by molar-refractivity contribution is -0.116. The van der Waals surface area contributed by atoms with Gasteiger partial charge in [0.1, 0.15) is 22.7 Å². The van der Waals surface area contributed by atoms with Gasteiger partial charge in [-0.3, -0.25) is 18.7 Å². The van der Waals surface area contributed by atoms with Crippen LogP contribution < -0.4 is 26.0 Å². The van der Waals surface area contributed by atoms with Crippen molar-refractivity contribution in [2.24, 2.45) is 0 Å². The fourth-order valence-electron chi connectivity index (χ4n) is 2.86. The Morgan fingerprint density at radius 3 is 2.54 bits per heavy atom. The number of nitrogens with zero attached hydrogens (tertiary/aromatic N) is 2. The number of rotatable bonds is 6. The first-order valence-electron chi connectivity index (χ1n) is 8.33. The van der Waals surface area contributed by atoms with E-state index in [1.165, 1.54) is 36.2 Å². The summed E-state index contributed by atoms with van der Waals surface area (Å²) in [7, 11) is 2.93. The van der Waals surface area contributed by atoms with Crippen molar-refractivity contribution in [3.8, 4) is 11.5 Å². The lowest BCUT2D eigenvalue weighted by Gasteiger charge is -2.14. The maximum atomic E-state index is 12.7. The van der Waals surface area contributed by atoms with Crippen molar-refractivity contribution in [2.75, 3.05) is 19.5 Å². The third kappa shape index (κ3) is 3.50. The average Bonchev–Trinajstić information content (AvgIpc) is 3.16. The van der Waals surface area contributed by atoms with E-state index < -0.39 is 11.6 Å². The van der Waals surface area contributed by atoms with Crippen molar-refractivity contribution in [2.45, 2.75) is 20.0 Å². The van der Waals surface area contributed by atoms with E-state index >= 15 is 0 Å². The van der Waals surface area contributed by atoms with E-state index in [1.54, 1.807) is 24.4 Å². The minimum atomic E-state index is -0.534. The van der Waals surface area contributed by atoms with Gasteiger partial charge in [0.15, 0.2) is 0 Å². The summed E-state index contributed by atoms with van der Waals surface area (Å²) in [6, 6.07) is 4.71. The van der Waals surface area contributed by atoms with Crippen LogP contribution in [0, 0.1) is 0 Å². The Bertz CT molecular complexity index is 1160. The zero-order valence-electron chi connectivity index (χ0n) is 15.4. The molecule has 8 nitrogen and oxygen atoms in total. The van der Waals surface area contributed by atoms with Crippen LogP contribution in [-0.2, 0) is 17.9 Å². The maximum Gasteiger partial charge on any atom is 0.331 e. The number of anilines is 1. The first-order valence-corrected chi connectivity index (χ1v) is 9.59. The fourth-order valence-corrected chi connectivity index (χ4v) is 3.94. The molecule has 0 atom stereocenters. The molecule has 0 fully saturated rings. The predicted octanol–water partition coefficient (Wildman–Crippen LogP) is 2.55. The van der Waals surface area contributed by atoms with Gasteiger partial charge in [0, 0.05) is 12.6 Å². The molecule has 1 aromatic carbocycles. The lowest BCUT2D eigenvalue weighted by Crippen LogP contribution is -2.40. The summed E-state index contributed by atoms with van der Waals surface area (Å²) in [4.78, 5) is 37.7. The molecule has 28 heavy (non-hydrogen) atoms. The second-order valence-electron chi connectivity index (χ2n) is 5.79. The molecule has 0 aliphatic carbocycles. The Morgan fingerprint density at radius 1 is 1.18 bits per heavy atom. The number of methoxy groups -OCH3 is 2. The summed E-state index contributed by atoms with van der Waals surface area (Å²) < 4.78 is 13.2. The molecule has 2 aromatic heterocycles. The van der Waals surface area contributed by atoms with Gasteiger partial charge in [0.25, 0.3) is 5.56 Å². The van der Waals surface area contributed by atoms with Gasteiger partial charge in [-0.15, -0.1) is 11.3 Å². The van der Waals surface area contributed by atoms with Crippen molar-refractivity contribution in [1.29, 1.82) is 0 Å². The number of ether oxygens (including phenoxy) is 2. The summed E-state index contributed by atoms with van der Waals surface area (Å²) in [5.74, 6) is 0.305. The number of fused-ring (bicyclic) bond motifs is 1. The highest BCUT2D eigenvalue weighted by molar-refractivity contribution is 7.17. The topological polar surface area (TPSA) is 91.6 Å². The van der Waals surface area contributed by atoms with Gasteiger partial charge in [-0.25, -0.2) is 4.79 Å². The molecule has 0 spiro atoms. The molecule has 3 aromatic rings. The van der Waals surface area contributed by atoms with Crippen LogP contribution in [0.4, 0.5) is 5.69 Å². The molecule has 0 saturated heterocycles. The number of halogens is 1. The van der Waals surface area contributed by atoms with E-state index in [1.807, 2.05) is 0 Å². The van der Waals surface area contributed by atoms with Crippen LogP contribution in [0.3, 0.4) is 0 Å². The van der Waals surface area contributed by atoms with Gasteiger partial charge in [-0.2, -0.15) is 0 Å². The Labute approximate surface area is 168 Å². The van der Waals surface area contributed by atoms with E-state index in [0.29, 0.717) is 32.4 Å². The molecular formula is C18H18ClN3O5S. The molecule has 1 amide bonds. The zero-order chi connectivity index (χ0) is 20.4. The first kappa shape index (κ1) is 20.0. The lowest BCUT2D eigenvalue weighted by atomic mass is 10.2. The van der Waals surface area contributed by atoms with Gasteiger partial charge in [-0.05, 0) is 24.4 Å². The van der Waals surface area contributed by atoms with E-state index in [9.17, 15) is 14.4 Å². The fraction of sp³-hybridized carbons (Fsp3) is 0.278.